The Balaban J connectivity index is 2.25. The maximum absolute atomic E-state index is 13.8. The van der Waals surface area contributed by atoms with Gasteiger partial charge in [0.1, 0.15) is 11.6 Å². The van der Waals surface area contributed by atoms with E-state index in [-0.39, 0.29) is 11.9 Å². The van der Waals surface area contributed by atoms with Crippen LogP contribution >= 0.6 is 0 Å². The molecule has 1 N–H and O–H groups in total. The fourth-order valence-corrected chi connectivity index (χ4v) is 2.33. The Morgan fingerprint density at radius 1 is 1.19 bits per heavy atom. The van der Waals surface area contributed by atoms with Crippen LogP contribution in [0.3, 0.4) is 0 Å². The van der Waals surface area contributed by atoms with Crippen LogP contribution in [0.1, 0.15) is 36.2 Å². The lowest BCUT2D eigenvalue weighted by molar-refractivity contribution is 0.508. The van der Waals surface area contributed by atoms with Crippen LogP contribution < -0.4 is 5.32 Å². The molecule has 2 aromatic rings. The van der Waals surface area contributed by atoms with Crippen molar-refractivity contribution in [3.63, 3.8) is 0 Å². The molecule has 1 unspecified atom stereocenters. The average Bonchev–Trinajstić information content (AvgIpc) is 2.47. The Morgan fingerprint density at radius 3 is 2.71 bits per heavy atom. The smallest absolute Gasteiger partial charge is 0.126 e. The number of aromatic nitrogens is 1. The number of nitrogens with zero attached hydrogens (tertiary/aromatic N) is 1. The molecule has 0 saturated carbocycles. The van der Waals surface area contributed by atoms with E-state index in [1.54, 1.807) is 6.20 Å². The normalized spacial score (nSPS) is 12.4. The summed E-state index contributed by atoms with van der Waals surface area (Å²) in [7, 11) is 0. The Kier molecular flexibility index (Phi) is 5.39. The second-order valence-corrected chi connectivity index (χ2v) is 5.18. The fraction of sp³-hybridized carbons (Fsp3) is 0.353. The van der Waals surface area contributed by atoms with Crippen molar-refractivity contribution >= 4 is 0 Å². The van der Waals surface area contributed by atoms with Crippen molar-refractivity contribution in [1.82, 2.24) is 10.3 Å². The maximum Gasteiger partial charge on any atom is 0.126 e. The summed E-state index contributed by atoms with van der Waals surface area (Å²) in [5, 5.41) is 3.39. The van der Waals surface area contributed by atoms with E-state index in [1.807, 2.05) is 19.1 Å². The van der Waals surface area contributed by atoms with Crippen LogP contribution in [0.5, 0.6) is 0 Å². The van der Waals surface area contributed by atoms with Gasteiger partial charge < -0.3 is 5.32 Å². The van der Waals surface area contributed by atoms with Crippen LogP contribution in [0.15, 0.2) is 36.5 Å². The minimum Gasteiger partial charge on any atom is -0.310 e. The second-order valence-electron chi connectivity index (χ2n) is 5.18. The number of pyridine rings is 1. The van der Waals surface area contributed by atoms with Crippen LogP contribution in [0.4, 0.5) is 8.78 Å². The van der Waals surface area contributed by atoms with Crippen molar-refractivity contribution in [2.24, 2.45) is 0 Å². The predicted molar refractivity (Wildman–Crippen MR) is 80.1 cm³/mol. The van der Waals surface area contributed by atoms with Gasteiger partial charge in [-0.2, -0.15) is 0 Å². The zero-order chi connectivity index (χ0) is 15.2. The Bertz CT molecular complexity index is 599. The number of aryl methyl sites for hydroxylation is 1. The molecule has 0 aliphatic carbocycles. The molecule has 0 saturated heterocycles. The molecular formula is C17H20F2N2. The maximum atomic E-state index is 13.8. The van der Waals surface area contributed by atoms with Gasteiger partial charge in [0.2, 0.25) is 0 Å². The van der Waals surface area contributed by atoms with Crippen molar-refractivity contribution in [1.29, 1.82) is 0 Å². The largest absolute Gasteiger partial charge is 0.310 e. The van der Waals surface area contributed by atoms with Gasteiger partial charge in [0.05, 0.1) is 0 Å². The summed E-state index contributed by atoms with van der Waals surface area (Å²) >= 11 is 0. The molecule has 0 aliphatic heterocycles. The van der Waals surface area contributed by atoms with Crippen LogP contribution in [0, 0.1) is 18.6 Å². The molecule has 1 atom stereocenters. The molecule has 0 spiro atoms. The zero-order valence-corrected chi connectivity index (χ0v) is 12.4. The third kappa shape index (κ3) is 4.33. The predicted octanol–water partition coefficient (Wildman–Crippen LogP) is 3.95. The highest BCUT2D eigenvalue weighted by atomic mass is 19.1. The van der Waals surface area contributed by atoms with E-state index in [0.717, 1.165) is 30.3 Å². The zero-order valence-electron chi connectivity index (χ0n) is 12.4. The van der Waals surface area contributed by atoms with E-state index in [4.69, 9.17) is 0 Å². The van der Waals surface area contributed by atoms with Gasteiger partial charge >= 0.3 is 0 Å². The summed E-state index contributed by atoms with van der Waals surface area (Å²) < 4.78 is 27.2. The highest BCUT2D eigenvalue weighted by Gasteiger charge is 2.15. The topological polar surface area (TPSA) is 24.9 Å². The van der Waals surface area contributed by atoms with Crippen LogP contribution in [0.25, 0.3) is 0 Å². The first-order valence-corrected chi connectivity index (χ1v) is 7.20. The molecule has 1 heterocycles. The molecular weight excluding hydrogens is 270 g/mol. The number of halogens is 2. The molecule has 1 aromatic carbocycles. The first-order valence-electron chi connectivity index (χ1n) is 7.20. The minimum atomic E-state index is -0.411. The van der Waals surface area contributed by atoms with Gasteiger partial charge in [0, 0.05) is 17.9 Å². The summed E-state index contributed by atoms with van der Waals surface area (Å²) in [5.74, 6) is -0.781. The Labute approximate surface area is 124 Å². The number of nitrogens with one attached hydrogen (secondary N) is 1. The minimum absolute atomic E-state index is 0.0528. The lowest BCUT2D eigenvalue weighted by atomic mass is 9.98. The molecule has 0 aliphatic rings. The van der Waals surface area contributed by atoms with Gasteiger partial charge in [0.15, 0.2) is 0 Å². The average molecular weight is 290 g/mol. The van der Waals surface area contributed by atoms with Crippen molar-refractivity contribution in [2.45, 2.75) is 32.7 Å². The van der Waals surface area contributed by atoms with Crippen molar-refractivity contribution in [2.75, 3.05) is 6.54 Å². The van der Waals surface area contributed by atoms with E-state index < -0.39 is 5.82 Å². The molecule has 0 amide bonds. The molecule has 21 heavy (non-hydrogen) atoms. The fourth-order valence-electron chi connectivity index (χ4n) is 2.33. The highest BCUT2D eigenvalue weighted by Crippen LogP contribution is 2.21. The summed E-state index contributed by atoms with van der Waals surface area (Å²) in [6.45, 7) is 4.82. The number of benzene rings is 1. The van der Waals surface area contributed by atoms with Gasteiger partial charge in [-0.1, -0.05) is 6.92 Å². The van der Waals surface area contributed by atoms with Gasteiger partial charge in [-0.25, -0.2) is 8.78 Å². The summed E-state index contributed by atoms with van der Waals surface area (Å²) in [4.78, 5) is 4.18. The summed E-state index contributed by atoms with van der Waals surface area (Å²) in [5.41, 5.74) is 2.34. The molecule has 0 bridgehead atoms. The number of hydrogen-bond donors (Lipinski definition) is 1. The molecule has 1 aromatic heterocycles. The lowest BCUT2D eigenvalue weighted by Gasteiger charge is -2.20. The Hall–Kier alpha value is -1.81. The quantitative estimate of drug-likeness (QED) is 0.871. The Morgan fingerprint density at radius 2 is 2.00 bits per heavy atom. The standard InChI is InChI=1S/C17H20F2N2/c1-3-7-21-17(13-6-8-20-12(2)9-13)11-14-10-15(18)4-5-16(14)19/h4-6,8-10,17,21H,3,7,11H2,1-2H3. The summed E-state index contributed by atoms with van der Waals surface area (Å²) in [6.07, 6.45) is 3.13. The van der Waals surface area contributed by atoms with Gasteiger partial charge in [0.25, 0.3) is 0 Å². The summed E-state index contributed by atoms with van der Waals surface area (Å²) in [6, 6.07) is 7.43. The third-order valence-corrected chi connectivity index (χ3v) is 3.40. The third-order valence-electron chi connectivity index (χ3n) is 3.40. The molecule has 0 fully saturated rings. The van der Waals surface area contributed by atoms with E-state index in [1.165, 1.54) is 12.1 Å². The number of rotatable bonds is 6. The van der Waals surface area contributed by atoms with Crippen molar-refractivity contribution in [3.05, 3.63) is 65.0 Å². The monoisotopic (exact) mass is 290 g/mol. The van der Waals surface area contributed by atoms with Crippen LogP contribution in [-0.2, 0) is 6.42 Å². The van der Waals surface area contributed by atoms with E-state index >= 15 is 0 Å². The molecule has 2 nitrogen and oxygen atoms in total. The highest BCUT2D eigenvalue weighted by molar-refractivity contribution is 5.25. The number of hydrogen-bond acceptors (Lipinski definition) is 2. The molecule has 2 rings (SSSR count). The van der Waals surface area contributed by atoms with Crippen molar-refractivity contribution in [3.8, 4) is 0 Å². The van der Waals surface area contributed by atoms with Gasteiger partial charge in [-0.3, -0.25) is 4.98 Å². The van der Waals surface area contributed by atoms with Crippen LogP contribution in [-0.4, -0.2) is 11.5 Å². The van der Waals surface area contributed by atoms with Gasteiger partial charge in [-0.05, 0) is 67.8 Å². The SMILES string of the molecule is CCCNC(Cc1cc(F)ccc1F)c1ccnc(C)c1. The van der Waals surface area contributed by atoms with E-state index in [0.29, 0.717) is 12.0 Å². The molecule has 0 radical (unpaired) electrons. The van der Waals surface area contributed by atoms with Crippen molar-refractivity contribution < 1.29 is 8.78 Å². The van der Waals surface area contributed by atoms with E-state index in [2.05, 4.69) is 17.2 Å². The first-order chi connectivity index (χ1) is 10.1. The molecule has 4 heteroatoms. The van der Waals surface area contributed by atoms with Gasteiger partial charge in [-0.15, -0.1) is 0 Å². The molecule has 112 valence electrons. The lowest BCUT2D eigenvalue weighted by Crippen LogP contribution is -2.24. The van der Waals surface area contributed by atoms with Crippen LogP contribution in [0.2, 0.25) is 0 Å². The first kappa shape index (κ1) is 15.6. The van der Waals surface area contributed by atoms with E-state index in [9.17, 15) is 8.78 Å². The second kappa shape index (κ2) is 7.27.